The standard InChI is InChI=1S/C9H18N2O/c1-9(5-12-6-9)4-11-8-2-7(10)3-8/h7-8,11H,2-6,10H2,1H3. The molecule has 0 unspecified atom stereocenters. The van der Waals surface area contributed by atoms with E-state index in [9.17, 15) is 0 Å². The van der Waals surface area contributed by atoms with Crippen molar-refractivity contribution in [2.75, 3.05) is 19.8 Å². The third-order valence-corrected chi connectivity index (χ3v) is 2.89. The van der Waals surface area contributed by atoms with Gasteiger partial charge in [0.05, 0.1) is 13.2 Å². The minimum atomic E-state index is 0.402. The average molecular weight is 170 g/mol. The lowest BCUT2D eigenvalue weighted by atomic mass is 9.84. The molecule has 2 aliphatic rings. The van der Waals surface area contributed by atoms with Gasteiger partial charge in [-0.2, -0.15) is 0 Å². The van der Waals surface area contributed by atoms with Crippen LogP contribution in [0.1, 0.15) is 19.8 Å². The summed E-state index contributed by atoms with van der Waals surface area (Å²) in [4.78, 5) is 0. The topological polar surface area (TPSA) is 47.3 Å². The molecule has 1 aliphatic carbocycles. The largest absolute Gasteiger partial charge is 0.380 e. The molecule has 3 heteroatoms. The van der Waals surface area contributed by atoms with E-state index in [4.69, 9.17) is 10.5 Å². The Kier molecular flexibility index (Phi) is 2.10. The lowest BCUT2D eigenvalue weighted by molar-refractivity contribution is -0.101. The van der Waals surface area contributed by atoms with Crippen molar-refractivity contribution >= 4 is 0 Å². The maximum atomic E-state index is 5.69. The van der Waals surface area contributed by atoms with Gasteiger partial charge in [-0.1, -0.05) is 6.92 Å². The molecule has 1 saturated heterocycles. The predicted octanol–water partition coefficient (Wildman–Crippen LogP) is 0.102. The predicted molar refractivity (Wildman–Crippen MR) is 47.9 cm³/mol. The van der Waals surface area contributed by atoms with Gasteiger partial charge in [0, 0.05) is 24.0 Å². The molecule has 0 bridgehead atoms. The maximum absolute atomic E-state index is 5.69. The summed E-state index contributed by atoms with van der Waals surface area (Å²) in [6.07, 6.45) is 2.30. The molecule has 1 saturated carbocycles. The van der Waals surface area contributed by atoms with Crippen LogP contribution in [-0.2, 0) is 4.74 Å². The molecule has 0 spiro atoms. The first-order valence-corrected chi connectivity index (χ1v) is 4.75. The van der Waals surface area contributed by atoms with E-state index < -0.39 is 0 Å². The van der Waals surface area contributed by atoms with Crippen LogP contribution in [0.3, 0.4) is 0 Å². The number of hydrogen-bond acceptors (Lipinski definition) is 3. The summed E-state index contributed by atoms with van der Waals surface area (Å²) < 4.78 is 5.18. The van der Waals surface area contributed by atoms with Gasteiger partial charge in [-0.25, -0.2) is 0 Å². The van der Waals surface area contributed by atoms with E-state index in [0.717, 1.165) is 32.6 Å². The Bertz CT molecular complexity index is 162. The van der Waals surface area contributed by atoms with Crippen molar-refractivity contribution in [2.45, 2.75) is 31.8 Å². The molecule has 2 rings (SSSR count). The summed E-state index contributed by atoms with van der Waals surface area (Å²) in [5.41, 5.74) is 6.09. The summed E-state index contributed by atoms with van der Waals surface area (Å²) in [5.74, 6) is 0. The second kappa shape index (κ2) is 2.98. The second-order valence-corrected chi connectivity index (χ2v) is 4.61. The molecular formula is C9H18N2O. The molecular weight excluding hydrogens is 152 g/mol. The molecule has 0 aromatic heterocycles. The molecule has 0 amide bonds. The summed E-state index contributed by atoms with van der Waals surface area (Å²) in [6, 6.07) is 1.13. The van der Waals surface area contributed by atoms with E-state index in [2.05, 4.69) is 12.2 Å². The fourth-order valence-corrected chi connectivity index (χ4v) is 1.77. The number of hydrogen-bond donors (Lipinski definition) is 2. The van der Waals surface area contributed by atoms with E-state index in [1.807, 2.05) is 0 Å². The van der Waals surface area contributed by atoms with Crippen LogP contribution < -0.4 is 11.1 Å². The lowest BCUT2D eigenvalue weighted by Gasteiger charge is -2.41. The van der Waals surface area contributed by atoms with Gasteiger partial charge in [0.1, 0.15) is 0 Å². The molecule has 3 nitrogen and oxygen atoms in total. The highest BCUT2D eigenvalue weighted by Gasteiger charge is 2.35. The van der Waals surface area contributed by atoms with Crippen molar-refractivity contribution in [3.63, 3.8) is 0 Å². The molecule has 0 radical (unpaired) electrons. The van der Waals surface area contributed by atoms with Crippen molar-refractivity contribution in [1.29, 1.82) is 0 Å². The first-order chi connectivity index (χ1) is 5.68. The SMILES string of the molecule is CC1(CNC2CC(N)C2)COC1. The molecule has 3 N–H and O–H groups in total. The Labute approximate surface area is 73.7 Å². The third-order valence-electron chi connectivity index (χ3n) is 2.89. The van der Waals surface area contributed by atoms with E-state index in [1.165, 1.54) is 0 Å². The Hall–Kier alpha value is -0.120. The highest BCUT2D eigenvalue weighted by atomic mass is 16.5. The molecule has 0 aromatic carbocycles. The van der Waals surface area contributed by atoms with Crippen molar-refractivity contribution in [1.82, 2.24) is 5.32 Å². The molecule has 70 valence electrons. The van der Waals surface area contributed by atoms with Crippen LogP contribution in [-0.4, -0.2) is 31.8 Å². The Morgan fingerprint density at radius 3 is 2.58 bits per heavy atom. The maximum Gasteiger partial charge on any atom is 0.0554 e. The highest BCUT2D eigenvalue weighted by Crippen LogP contribution is 2.26. The molecule has 1 heterocycles. The van der Waals surface area contributed by atoms with Crippen LogP contribution in [0.25, 0.3) is 0 Å². The summed E-state index contributed by atoms with van der Waals surface area (Å²) in [6.45, 7) is 5.18. The molecule has 0 aromatic rings. The highest BCUT2D eigenvalue weighted by molar-refractivity contribution is 4.91. The summed E-state index contributed by atoms with van der Waals surface area (Å²) in [5, 5.41) is 3.53. The number of nitrogens with two attached hydrogens (primary N) is 1. The van der Waals surface area contributed by atoms with Crippen LogP contribution in [0.4, 0.5) is 0 Å². The minimum Gasteiger partial charge on any atom is -0.380 e. The van der Waals surface area contributed by atoms with Gasteiger partial charge in [-0.15, -0.1) is 0 Å². The van der Waals surface area contributed by atoms with Crippen molar-refractivity contribution < 1.29 is 4.74 Å². The van der Waals surface area contributed by atoms with Gasteiger partial charge in [0.15, 0.2) is 0 Å². The van der Waals surface area contributed by atoms with Crippen LogP contribution in [0, 0.1) is 5.41 Å². The van der Waals surface area contributed by atoms with Crippen LogP contribution in [0.5, 0.6) is 0 Å². The second-order valence-electron chi connectivity index (χ2n) is 4.61. The van der Waals surface area contributed by atoms with Crippen LogP contribution in [0.2, 0.25) is 0 Å². The first kappa shape index (κ1) is 8.48. The van der Waals surface area contributed by atoms with Gasteiger partial charge < -0.3 is 15.8 Å². The van der Waals surface area contributed by atoms with Gasteiger partial charge in [-0.3, -0.25) is 0 Å². The van der Waals surface area contributed by atoms with Crippen LogP contribution >= 0.6 is 0 Å². The zero-order chi connectivity index (χ0) is 8.60. The minimum absolute atomic E-state index is 0.402. The normalized spacial score (nSPS) is 38.5. The number of ether oxygens (including phenoxy) is 1. The van der Waals surface area contributed by atoms with E-state index in [1.54, 1.807) is 0 Å². The zero-order valence-corrected chi connectivity index (χ0v) is 7.68. The van der Waals surface area contributed by atoms with Crippen molar-refractivity contribution in [2.24, 2.45) is 11.1 Å². The fourth-order valence-electron chi connectivity index (χ4n) is 1.77. The van der Waals surface area contributed by atoms with E-state index >= 15 is 0 Å². The number of rotatable bonds is 3. The molecule has 1 aliphatic heterocycles. The molecule has 2 fully saturated rings. The zero-order valence-electron chi connectivity index (χ0n) is 7.68. The Morgan fingerprint density at radius 2 is 2.17 bits per heavy atom. The van der Waals surface area contributed by atoms with Gasteiger partial charge >= 0.3 is 0 Å². The molecule has 12 heavy (non-hydrogen) atoms. The van der Waals surface area contributed by atoms with E-state index in [-0.39, 0.29) is 0 Å². The average Bonchev–Trinajstić information content (AvgIpc) is 1.92. The van der Waals surface area contributed by atoms with Crippen molar-refractivity contribution in [3.8, 4) is 0 Å². The van der Waals surface area contributed by atoms with Gasteiger partial charge in [0.2, 0.25) is 0 Å². The number of nitrogens with one attached hydrogen (secondary N) is 1. The lowest BCUT2D eigenvalue weighted by Crippen LogP contribution is -2.54. The third kappa shape index (κ3) is 1.63. The smallest absolute Gasteiger partial charge is 0.0554 e. The monoisotopic (exact) mass is 170 g/mol. The van der Waals surface area contributed by atoms with Crippen LogP contribution in [0.15, 0.2) is 0 Å². The van der Waals surface area contributed by atoms with Crippen molar-refractivity contribution in [3.05, 3.63) is 0 Å². The first-order valence-electron chi connectivity index (χ1n) is 4.75. The van der Waals surface area contributed by atoms with Gasteiger partial charge in [-0.05, 0) is 12.8 Å². The fraction of sp³-hybridized carbons (Fsp3) is 1.00. The quantitative estimate of drug-likeness (QED) is 0.631. The molecule has 0 atom stereocenters. The summed E-state index contributed by atoms with van der Waals surface area (Å²) >= 11 is 0. The van der Waals surface area contributed by atoms with E-state index in [0.29, 0.717) is 17.5 Å². The Balaban J connectivity index is 1.62. The summed E-state index contributed by atoms with van der Waals surface area (Å²) in [7, 11) is 0. The Morgan fingerprint density at radius 1 is 1.50 bits per heavy atom. The van der Waals surface area contributed by atoms with Gasteiger partial charge in [0.25, 0.3) is 0 Å².